The van der Waals surface area contributed by atoms with E-state index in [1.165, 1.54) is 0 Å². The van der Waals surface area contributed by atoms with Crippen molar-refractivity contribution < 1.29 is 14.3 Å². The molecule has 1 saturated heterocycles. The number of amides is 2. The van der Waals surface area contributed by atoms with Gasteiger partial charge in [-0.15, -0.1) is 0 Å². The van der Waals surface area contributed by atoms with Gasteiger partial charge in [-0.2, -0.15) is 0 Å². The zero-order chi connectivity index (χ0) is 18.9. The summed E-state index contributed by atoms with van der Waals surface area (Å²) in [5.41, 5.74) is 2.32. The Balaban J connectivity index is 1.68. The Morgan fingerprint density at radius 2 is 1.81 bits per heavy atom. The Bertz CT molecular complexity index is 587. The summed E-state index contributed by atoms with van der Waals surface area (Å²) < 4.78 is 5.73. The van der Waals surface area contributed by atoms with E-state index < -0.39 is 0 Å². The highest BCUT2D eigenvalue weighted by Crippen LogP contribution is 2.19. The number of unbranched alkanes of at least 4 members (excludes halogenated alkanes) is 1. The maximum absolute atomic E-state index is 12.4. The van der Waals surface area contributed by atoms with Crippen LogP contribution in [0.4, 0.5) is 0 Å². The van der Waals surface area contributed by atoms with Crippen molar-refractivity contribution in [3.05, 3.63) is 29.3 Å². The second kappa shape index (κ2) is 10.2. The normalized spacial score (nSPS) is 15.0. The van der Waals surface area contributed by atoms with E-state index in [0.717, 1.165) is 49.1 Å². The van der Waals surface area contributed by atoms with Gasteiger partial charge in [-0.3, -0.25) is 9.59 Å². The van der Waals surface area contributed by atoms with Gasteiger partial charge in [0.15, 0.2) is 0 Å². The Kier molecular flexibility index (Phi) is 7.95. The molecule has 5 heteroatoms. The van der Waals surface area contributed by atoms with Crippen molar-refractivity contribution in [2.45, 2.75) is 52.9 Å². The summed E-state index contributed by atoms with van der Waals surface area (Å²) in [7, 11) is 0. The first-order chi connectivity index (χ1) is 12.5. The fraction of sp³-hybridized carbons (Fsp3) is 0.619. The number of likely N-dealkylation sites (tertiary alicyclic amines) is 1. The van der Waals surface area contributed by atoms with Gasteiger partial charge < -0.3 is 15.0 Å². The second-order valence-corrected chi connectivity index (χ2v) is 7.22. The molecule has 0 aliphatic carbocycles. The van der Waals surface area contributed by atoms with E-state index in [9.17, 15) is 9.59 Å². The number of piperidine rings is 1. The largest absolute Gasteiger partial charge is 0.493 e. The number of carbonyl (C=O) groups is 2. The smallest absolute Gasteiger partial charge is 0.225 e. The van der Waals surface area contributed by atoms with E-state index in [0.29, 0.717) is 26.1 Å². The van der Waals surface area contributed by atoms with Crippen LogP contribution in [0.3, 0.4) is 0 Å². The van der Waals surface area contributed by atoms with Crippen molar-refractivity contribution in [1.82, 2.24) is 10.2 Å². The predicted molar refractivity (Wildman–Crippen MR) is 103 cm³/mol. The highest BCUT2D eigenvalue weighted by molar-refractivity contribution is 5.80. The van der Waals surface area contributed by atoms with E-state index in [4.69, 9.17) is 4.74 Å². The molecule has 1 fully saturated rings. The van der Waals surface area contributed by atoms with Gasteiger partial charge in [0.25, 0.3) is 0 Å². The number of rotatable bonds is 8. The zero-order valence-corrected chi connectivity index (χ0v) is 16.3. The predicted octanol–water partition coefficient (Wildman–Crippen LogP) is 3.23. The fourth-order valence-corrected chi connectivity index (χ4v) is 3.35. The first-order valence-corrected chi connectivity index (χ1v) is 9.76. The molecule has 0 radical (unpaired) electrons. The van der Waals surface area contributed by atoms with Gasteiger partial charge in [0.05, 0.1) is 13.0 Å². The average Bonchev–Trinajstić information content (AvgIpc) is 2.61. The number of hydrogen-bond acceptors (Lipinski definition) is 3. The maximum atomic E-state index is 12.4. The summed E-state index contributed by atoms with van der Waals surface area (Å²) in [6.07, 6.45) is 3.98. The monoisotopic (exact) mass is 360 g/mol. The van der Waals surface area contributed by atoms with Crippen LogP contribution in [0.1, 0.15) is 50.2 Å². The SMILES string of the molecule is CCCCNC(=O)C1CCN(C(=O)CCOc2cc(C)cc(C)c2)CC1. The highest BCUT2D eigenvalue weighted by atomic mass is 16.5. The lowest BCUT2D eigenvalue weighted by molar-refractivity contribution is -0.136. The summed E-state index contributed by atoms with van der Waals surface area (Å²) in [4.78, 5) is 26.3. The summed E-state index contributed by atoms with van der Waals surface area (Å²) in [6, 6.07) is 6.07. The van der Waals surface area contributed by atoms with Gasteiger partial charge in [-0.1, -0.05) is 19.4 Å². The van der Waals surface area contributed by atoms with Crippen LogP contribution in [-0.2, 0) is 9.59 Å². The lowest BCUT2D eigenvalue weighted by Gasteiger charge is -2.31. The lowest BCUT2D eigenvalue weighted by atomic mass is 9.95. The Hall–Kier alpha value is -2.04. The molecule has 2 amide bonds. The number of benzene rings is 1. The first kappa shape index (κ1) is 20.3. The molecule has 1 aromatic carbocycles. The molecular formula is C21H32N2O3. The van der Waals surface area contributed by atoms with Crippen LogP contribution in [0.25, 0.3) is 0 Å². The van der Waals surface area contributed by atoms with Gasteiger partial charge >= 0.3 is 0 Å². The number of aryl methyl sites for hydroxylation is 2. The van der Waals surface area contributed by atoms with Crippen molar-refractivity contribution in [3.63, 3.8) is 0 Å². The topological polar surface area (TPSA) is 58.6 Å². The third-order valence-corrected chi connectivity index (χ3v) is 4.83. The van der Waals surface area contributed by atoms with Crippen LogP contribution in [0, 0.1) is 19.8 Å². The van der Waals surface area contributed by atoms with Gasteiger partial charge in [0, 0.05) is 25.6 Å². The fourth-order valence-electron chi connectivity index (χ4n) is 3.35. The molecule has 1 aromatic rings. The Morgan fingerprint density at radius 3 is 2.42 bits per heavy atom. The van der Waals surface area contributed by atoms with Gasteiger partial charge in [0.2, 0.25) is 11.8 Å². The molecular weight excluding hydrogens is 328 g/mol. The van der Waals surface area contributed by atoms with Gasteiger partial charge in [0.1, 0.15) is 5.75 Å². The van der Waals surface area contributed by atoms with Crippen molar-refractivity contribution in [2.75, 3.05) is 26.2 Å². The Labute approximate surface area is 157 Å². The molecule has 0 aromatic heterocycles. The minimum Gasteiger partial charge on any atom is -0.493 e. The number of carbonyl (C=O) groups excluding carboxylic acids is 2. The maximum Gasteiger partial charge on any atom is 0.225 e. The van der Waals surface area contributed by atoms with Crippen LogP contribution < -0.4 is 10.1 Å². The zero-order valence-electron chi connectivity index (χ0n) is 16.3. The number of hydrogen-bond donors (Lipinski definition) is 1. The quantitative estimate of drug-likeness (QED) is 0.724. The second-order valence-electron chi connectivity index (χ2n) is 7.22. The van der Waals surface area contributed by atoms with Crippen molar-refractivity contribution >= 4 is 11.8 Å². The third kappa shape index (κ3) is 6.36. The molecule has 1 heterocycles. The van der Waals surface area contributed by atoms with Crippen molar-refractivity contribution in [1.29, 1.82) is 0 Å². The van der Waals surface area contributed by atoms with Gasteiger partial charge in [-0.05, 0) is 56.4 Å². The lowest BCUT2D eigenvalue weighted by Crippen LogP contribution is -2.43. The Morgan fingerprint density at radius 1 is 1.15 bits per heavy atom. The summed E-state index contributed by atoms with van der Waals surface area (Å²) in [5.74, 6) is 1.11. The molecule has 0 spiro atoms. The summed E-state index contributed by atoms with van der Waals surface area (Å²) in [5, 5.41) is 3.00. The molecule has 0 bridgehead atoms. The molecule has 1 aliphatic heterocycles. The highest BCUT2D eigenvalue weighted by Gasteiger charge is 2.26. The van der Waals surface area contributed by atoms with E-state index >= 15 is 0 Å². The summed E-state index contributed by atoms with van der Waals surface area (Å²) in [6.45, 7) is 8.65. The van der Waals surface area contributed by atoms with E-state index in [-0.39, 0.29) is 17.7 Å². The number of ether oxygens (including phenoxy) is 1. The molecule has 2 rings (SSSR count). The minimum absolute atomic E-state index is 0.0439. The molecule has 0 saturated carbocycles. The van der Waals surface area contributed by atoms with Crippen LogP contribution in [0.15, 0.2) is 18.2 Å². The van der Waals surface area contributed by atoms with E-state index in [1.54, 1.807) is 0 Å². The van der Waals surface area contributed by atoms with Gasteiger partial charge in [-0.25, -0.2) is 0 Å². The third-order valence-electron chi connectivity index (χ3n) is 4.83. The molecule has 0 unspecified atom stereocenters. The van der Waals surface area contributed by atoms with Crippen LogP contribution >= 0.6 is 0 Å². The minimum atomic E-state index is 0.0439. The first-order valence-electron chi connectivity index (χ1n) is 9.76. The van der Waals surface area contributed by atoms with Crippen LogP contribution in [0.5, 0.6) is 5.75 Å². The average molecular weight is 360 g/mol. The molecule has 144 valence electrons. The van der Waals surface area contributed by atoms with Crippen molar-refractivity contribution in [2.24, 2.45) is 5.92 Å². The standard InChI is InChI=1S/C21H32N2O3/c1-4-5-9-22-21(25)18-6-10-23(11-7-18)20(24)8-12-26-19-14-16(2)13-17(3)15-19/h13-15,18H,4-12H2,1-3H3,(H,22,25). The van der Waals surface area contributed by atoms with Crippen LogP contribution in [0.2, 0.25) is 0 Å². The van der Waals surface area contributed by atoms with Crippen LogP contribution in [-0.4, -0.2) is 43.0 Å². The summed E-state index contributed by atoms with van der Waals surface area (Å²) >= 11 is 0. The molecule has 26 heavy (non-hydrogen) atoms. The molecule has 0 atom stereocenters. The molecule has 1 aliphatic rings. The molecule has 1 N–H and O–H groups in total. The van der Waals surface area contributed by atoms with E-state index in [1.807, 2.05) is 30.9 Å². The number of nitrogens with one attached hydrogen (secondary N) is 1. The molecule has 5 nitrogen and oxygen atoms in total. The van der Waals surface area contributed by atoms with E-state index in [2.05, 4.69) is 18.3 Å². The number of nitrogens with zero attached hydrogens (tertiary/aromatic N) is 1. The van der Waals surface area contributed by atoms with Crippen molar-refractivity contribution in [3.8, 4) is 5.75 Å².